The molecule has 1 aromatic carbocycles. The maximum atomic E-state index is 12.8. The van der Waals surface area contributed by atoms with E-state index in [1.807, 2.05) is 0 Å². The van der Waals surface area contributed by atoms with Gasteiger partial charge in [0.1, 0.15) is 5.82 Å². The van der Waals surface area contributed by atoms with Crippen LogP contribution in [0.5, 0.6) is 0 Å². The van der Waals surface area contributed by atoms with E-state index in [4.69, 9.17) is 5.73 Å². The lowest BCUT2D eigenvalue weighted by molar-refractivity contribution is -0.115. The van der Waals surface area contributed by atoms with Gasteiger partial charge in [-0.3, -0.25) is 9.79 Å². The van der Waals surface area contributed by atoms with Crippen molar-refractivity contribution in [1.29, 1.82) is 0 Å². The number of hydrogen-bond acceptors (Lipinski definition) is 2. The smallest absolute Gasteiger partial charge is 0.243 e. The summed E-state index contributed by atoms with van der Waals surface area (Å²) in [5.74, 6) is -0.549. The molecule has 1 amide bonds. The van der Waals surface area contributed by atoms with Gasteiger partial charge in [-0.1, -0.05) is 6.07 Å². The molecule has 0 radical (unpaired) electrons. The number of rotatable bonds is 3. The highest BCUT2D eigenvalue weighted by Gasteiger charge is 2.02. The summed E-state index contributed by atoms with van der Waals surface area (Å²) in [6, 6.07) is 5.64. The van der Waals surface area contributed by atoms with Crippen molar-refractivity contribution in [3.8, 4) is 0 Å². The molecule has 0 fully saturated rings. The molecule has 0 aromatic heterocycles. The van der Waals surface area contributed by atoms with E-state index in [0.717, 1.165) is 0 Å². The van der Waals surface area contributed by atoms with Gasteiger partial charge in [-0.25, -0.2) is 4.39 Å². The van der Waals surface area contributed by atoms with E-state index >= 15 is 0 Å². The highest BCUT2D eigenvalue weighted by atomic mass is 19.1. The van der Waals surface area contributed by atoms with Gasteiger partial charge >= 0.3 is 0 Å². The van der Waals surface area contributed by atoms with Gasteiger partial charge in [0.25, 0.3) is 0 Å². The molecular weight excluding hydrogens is 211 g/mol. The lowest BCUT2D eigenvalue weighted by Crippen LogP contribution is -2.37. The summed E-state index contributed by atoms with van der Waals surface area (Å²) in [4.78, 5) is 15.0. The van der Waals surface area contributed by atoms with Gasteiger partial charge in [-0.15, -0.1) is 0 Å². The largest absolute Gasteiger partial charge is 0.370 e. The SMILES string of the molecule is CN=C(N)NCC(=O)Nc1cccc(F)c1. The van der Waals surface area contributed by atoms with Crippen molar-refractivity contribution in [2.45, 2.75) is 0 Å². The fourth-order valence-corrected chi connectivity index (χ4v) is 1.02. The van der Waals surface area contributed by atoms with Crippen LogP contribution in [-0.4, -0.2) is 25.5 Å². The summed E-state index contributed by atoms with van der Waals surface area (Å²) in [7, 11) is 1.51. The molecule has 0 saturated heterocycles. The molecule has 1 aromatic rings. The molecule has 86 valence electrons. The number of nitrogens with zero attached hydrogens (tertiary/aromatic N) is 1. The van der Waals surface area contributed by atoms with Crippen LogP contribution in [-0.2, 0) is 4.79 Å². The topological polar surface area (TPSA) is 79.5 Å². The van der Waals surface area contributed by atoms with Gasteiger partial charge in [-0.2, -0.15) is 0 Å². The summed E-state index contributed by atoms with van der Waals surface area (Å²) in [5, 5.41) is 5.10. The fourth-order valence-electron chi connectivity index (χ4n) is 1.02. The highest BCUT2D eigenvalue weighted by molar-refractivity contribution is 5.94. The fraction of sp³-hybridized carbons (Fsp3) is 0.200. The Morgan fingerprint density at radius 3 is 2.94 bits per heavy atom. The van der Waals surface area contributed by atoms with E-state index < -0.39 is 5.82 Å². The first-order chi connectivity index (χ1) is 7.61. The zero-order valence-electron chi connectivity index (χ0n) is 8.83. The van der Waals surface area contributed by atoms with Crippen LogP contribution < -0.4 is 16.4 Å². The second-order valence-electron chi connectivity index (χ2n) is 3.02. The van der Waals surface area contributed by atoms with Crippen LogP contribution in [0.3, 0.4) is 0 Å². The lowest BCUT2D eigenvalue weighted by atomic mass is 10.3. The Kier molecular flexibility index (Phi) is 4.26. The number of anilines is 1. The number of hydrogen-bond donors (Lipinski definition) is 3. The molecule has 1 rings (SSSR count). The number of halogens is 1. The molecule has 0 atom stereocenters. The van der Waals surface area contributed by atoms with E-state index in [1.165, 1.54) is 25.2 Å². The predicted octanol–water partition coefficient (Wildman–Crippen LogP) is 0.298. The summed E-state index contributed by atoms with van der Waals surface area (Å²) in [6.07, 6.45) is 0. The summed E-state index contributed by atoms with van der Waals surface area (Å²) >= 11 is 0. The first-order valence-corrected chi connectivity index (χ1v) is 4.63. The van der Waals surface area contributed by atoms with Gasteiger partial charge in [0, 0.05) is 12.7 Å². The molecule has 0 heterocycles. The molecule has 0 aliphatic rings. The molecule has 0 aliphatic heterocycles. The number of benzene rings is 1. The quantitative estimate of drug-likeness (QED) is 0.510. The van der Waals surface area contributed by atoms with Crippen molar-refractivity contribution in [2.24, 2.45) is 10.7 Å². The monoisotopic (exact) mass is 224 g/mol. The van der Waals surface area contributed by atoms with E-state index in [9.17, 15) is 9.18 Å². The number of guanidine groups is 1. The minimum Gasteiger partial charge on any atom is -0.370 e. The molecule has 0 bridgehead atoms. The second-order valence-corrected chi connectivity index (χ2v) is 3.02. The average molecular weight is 224 g/mol. The molecule has 4 N–H and O–H groups in total. The van der Waals surface area contributed by atoms with Crippen LogP contribution in [0.1, 0.15) is 0 Å². The Morgan fingerprint density at radius 1 is 1.56 bits per heavy atom. The molecule has 0 unspecified atom stereocenters. The van der Waals surface area contributed by atoms with E-state index in [0.29, 0.717) is 5.69 Å². The Hall–Kier alpha value is -2.11. The molecule has 0 saturated carbocycles. The number of nitrogens with one attached hydrogen (secondary N) is 2. The third-order valence-electron chi connectivity index (χ3n) is 1.78. The Labute approximate surface area is 92.6 Å². The number of nitrogens with two attached hydrogens (primary N) is 1. The molecule has 0 spiro atoms. The normalized spacial score (nSPS) is 11.0. The predicted molar refractivity (Wildman–Crippen MR) is 60.6 cm³/mol. The number of aliphatic imine (C=N–C) groups is 1. The zero-order valence-corrected chi connectivity index (χ0v) is 8.83. The minimum absolute atomic E-state index is 0.0142. The van der Waals surface area contributed by atoms with E-state index in [2.05, 4.69) is 15.6 Å². The lowest BCUT2D eigenvalue weighted by Gasteiger charge is -2.06. The Morgan fingerprint density at radius 2 is 2.31 bits per heavy atom. The molecule has 0 aliphatic carbocycles. The van der Waals surface area contributed by atoms with Crippen LogP contribution in [0, 0.1) is 5.82 Å². The number of amides is 1. The van der Waals surface area contributed by atoms with Crippen molar-refractivity contribution >= 4 is 17.6 Å². The third kappa shape index (κ3) is 3.95. The van der Waals surface area contributed by atoms with Gasteiger partial charge in [0.15, 0.2) is 5.96 Å². The first-order valence-electron chi connectivity index (χ1n) is 4.63. The van der Waals surface area contributed by atoms with Crippen molar-refractivity contribution in [1.82, 2.24) is 5.32 Å². The summed E-state index contributed by atoms with van der Waals surface area (Å²) < 4.78 is 12.8. The van der Waals surface area contributed by atoms with Gasteiger partial charge in [0.05, 0.1) is 6.54 Å². The number of carbonyl (C=O) groups excluding carboxylic acids is 1. The van der Waals surface area contributed by atoms with Crippen LogP contribution >= 0.6 is 0 Å². The van der Waals surface area contributed by atoms with Gasteiger partial charge in [-0.05, 0) is 18.2 Å². The summed E-state index contributed by atoms with van der Waals surface area (Å²) in [6.45, 7) is -0.0142. The zero-order chi connectivity index (χ0) is 12.0. The molecule has 6 heteroatoms. The van der Waals surface area contributed by atoms with Crippen molar-refractivity contribution in [2.75, 3.05) is 18.9 Å². The van der Waals surface area contributed by atoms with Gasteiger partial charge in [0.2, 0.25) is 5.91 Å². The van der Waals surface area contributed by atoms with Crippen LogP contribution in [0.2, 0.25) is 0 Å². The van der Waals surface area contributed by atoms with E-state index in [1.54, 1.807) is 6.07 Å². The first kappa shape index (κ1) is 12.0. The van der Waals surface area contributed by atoms with Crippen molar-refractivity contribution in [3.63, 3.8) is 0 Å². The minimum atomic E-state index is -0.402. The Balaban J connectivity index is 2.46. The van der Waals surface area contributed by atoms with Crippen molar-refractivity contribution < 1.29 is 9.18 Å². The second kappa shape index (κ2) is 5.69. The highest BCUT2D eigenvalue weighted by Crippen LogP contribution is 2.08. The van der Waals surface area contributed by atoms with Crippen LogP contribution in [0.25, 0.3) is 0 Å². The summed E-state index contributed by atoms with van der Waals surface area (Å²) in [5.41, 5.74) is 5.74. The third-order valence-corrected chi connectivity index (χ3v) is 1.78. The maximum absolute atomic E-state index is 12.8. The molecule has 16 heavy (non-hydrogen) atoms. The van der Waals surface area contributed by atoms with Gasteiger partial charge < -0.3 is 16.4 Å². The molecule has 5 nitrogen and oxygen atoms in total. The Bertz CT molecular complexity index is 406. The van der Waals surface area contributed by atoms with E-state index in [-0.39, 0.29) is 18.4 Å². The average Bonchev–Trinajstić information content (AvgIpc) is 2.26. The van der Waals surface area contributed by atoms with Crippen molar-refractivity contribution in [3.05, 3.63) is 30.1 Å². The standard InChI is InChI=1S/C10H13FN4O/c1-13-10(12)14-6-9(16)15-8-4-2-3-7(11)5-8/h2-5H,6H2,1H3,(H,15,16)(H3,12,13,14). The number of carbonyl (C=O) groups is 1. The van der Waals surface area contributed by atoms with Crippen LogP contribution in [0.15, 0.2) is 29.3 Å². The molecular formula is C10H13FN4O. The maximum Gasteiger partial charge on any atom is 0.243 e. The van der Waals surface area contributed by atoms with Crippen LogP contribution in [0.4, 0.5) is 10.1 Å².